The Hall–Kier alpha value is -1.82. The molecule has 1 amide bonds. The maximum atomic E-state index is 12.5. The van der Waals surface area contributed by atoms with Crippen LogP contribution in [0.5, 0.6) is 0 Å². The van der Waals surface area contributed by atoms with E-state index in [4.69, 9.17) is 11.6 Å². The Bertz CT molecular complexity index is 1020. The molecule has 2 N–H and O–H groups in total. The van der Waals surface area contributed by atoms with Gasteiger partial charge >= 0.3 is 5.69 Å². The van der Waals surface area contributed by atoms with Crippen molar-refractivity contribution in [3.05, 3.63) is 33.7 Å². The lowest BCUT2D eigenvalue weighted by Gasteiger charge is -2.15. The van der Waals surface area contributed by atoms with Crippen LogP contribution in [0.4, 0.5) is 5.69 Å². The number of anilines is 1. The fraction of sp³-hybridized carbons (Fsp3) is 0.438. The predicted octanol–water partition coefficient (Wildman–Crippen LogP) is 2.00. The Balaban J connectivity index is 2.18. The highest BCUT2D eigenvalue weighted by Gasteiger charge is 2.23. The van der Waals surface area contributed by atoms with E-state index in [1.54, 1.807) is 6.92 Å². The van der Waals surface area contributed by atoms with Crippen molar-refractivity contribution in [2.24, 2.45) is 0 Å². The number of nitrogens with one attached hydrogen (secondary N) is 2. The van der Waals surface area contributed by atoms with Gasteiger partial charge in [0.2, 0.25) is 15.9 Å². The highest BCUT2D eigenvalue weighted by Crippen LogP contribution is 2.28. The molecule has 154 valence electrons. The largest absolute Gasteiger partial charge is 0.343 e. The molecule has 2 rings (SSSR count). The smallest absolute Gasteiger partial charge is 0.325 e. The highest BCUT2D eigenvalue weighted by atomic mass is 35.5. The minimum absolute atomic E-state index is 0.0641. The molecule has 0 saturated carbocycles. The van der Waals surface area contributed by atoms with Crippen LogP contribution in [-0.4, -0.2) is 52.7 Å². The minimum Gasteiger partial charge on any atom is -0.325 e. The average molecular weight is 448 g/mol. The fourth-order valence-electron chi connectivity index (χ4n) is 2.25. The molecule has 12 heteroatoms. The van der Waals surface area contributed by atoms with Crippen molar-refractivity contribution in [2.75, 3.05) is 19.4 Å². The van der Waals surface area contributed by atoms with Gasteiger partial charge in [-0.05, 0) is 31.5 Å². The van der Waals surface area contributed by atoms with Gasteiger partial charge in [0.25, 0.3) is 0 Å². The van der Waals surface area contributed by atoms with Gasteiger partial charge in [0.05, 0.1) is 10.3 Å². The first kappa shape index (κ1) is 22.5. The zero-order chi connectivity index (χ0) is 21.1. The Labute approximate surface area is 172 Å². The summed E-state index contributed by atoms with van der Waals surface area (Å²) in [5.41, 5.74) is -0.0246. The third-order valence-corrected chi connectivity index (χ3v) is 7.17. The van der Waals surface area contributed by atoms with Gasteiger partial charge in [-0.1, -0.05) is 30.3 Å². The maximum Gasteiger partial charge on any atom is 0.343 e. The summed E-state index contributed by atoms with van der Waals surface area (Å²) in [6.45, 7) is 4.10. The van der Waals surface area contributed by atoms with Gasteiger partial charge in [0.15, 0.2) is 5.16 Å². The van der Waals surface area contributed by atoms with Crippen molar-refractivity contribution < 1.29 is 13.2 Å². The number of halogens is 1. The summed E-state index contributed by atoms with van der Waals surface area (Å²) in [7, 11) is -0.955. The van der Waals surface area contributed by atoms with Gasteiger partial charge in [0.1, 0.15) is 4.90 Å². The topological polar surface area (TPSA) is 117 Å². The molecular formula is C16H22ClN5O4S2. The van der Waals surface area contributed by atoms with Crippen LogP contribution >= 0.6 is 23.4 Å². The van der Waals surface area contributed by atoms with E-state index < -0.39 is 15.3 Å². The maximum absolute atomic E-state index is 12.5. The second-order valence-corrected chi connectivity index (χ2v) is 9.98. The molecule has 0 aliphatic heterocycles. The van der Waals surface area contributed by atoms with E-state index in [9.17, 15) is 18.0 Å². The van der Waals surface area contributed by atoms with Crippen LogP contribution < -0.4 is 11.0 Å². The number of H-pyrrole nitrogens is 1. The van der Waals surface area contributed by atoms with Gasteiger partial charge in [0, 0.05) is 26.3 Å². The van der Waals surface area contributed by atoms with Crippen LogP contribution in [0.25, 0.3) is 0 Å². The Kier molecular flexibility index (Phi) is 7.32. The second kappa shape index (κ2) is 9.12. The molecule has 0 aliphatic rings. The number of aromatic nitrogens is 3. The number of aromatic amines is 1. The van der Waals surface area contributed by atoms with Crippen LogP contribution in [0.3, 0.4) is 0 Å². The van der Waals surface area contributed by atoms with E-state index in [0.29, 0.717) is 17.4 Å². The summed E-state index contributed by atoms with van der Waals surface area (Å²) in [4.78, 5) is 24.2. The molecule has 1 heterocycles. The van der Waals surface area contributed by atoms with Gasteiger partial charge in [-0.2, -0.15) is 0 Å². The molecule has 28 heavy (non-hydrogen) atoms. The normalized spacial score (nSPS) is 12.9. The van der Waals surface area contributed by atoms with Crippen LogP contribution in [-0.2, 0) is 21.4 Å². The molecule has 1 aromatic carbocycles. The van der Waals surface area contributed by atoms with E-state index in [0.717, 1.165) is 22.5 Å². The van der Waals surface area contributed by atoms with Crippen molar-refractivity contribution in [3.63, 3.8) is 0 Å². The molecule has 0 saturated heterocycles. The first-order chi connectivity index (χ1) is 13.1. The SMILES string of the molecule is CCCn1c(S[C@H](C)C(=O)Nc2ccc(Cl)c(S(=O)(=O)N(C)C)c2)n[nH]c1=O. The number of thioether (sulfide) groups is 1. The van der Waals surface area contributed by atoms with E-state index >= 15 is 0 Å². The monoisotopic (exact) mass is 447 g/mol. The van der Waals surface area contributed by atoms with Crippen LogP contribution in [0.2, 0.25) is 5.02 Å². The minimum atomic E-state index is -3.75. The molecular weight excluding hydrogens is 426 g/mol. The van der Waals surface area contributed by atoms with Crippen LogP contribution in [0.15, 0.2) is 33.0 Å². The highest BCUT2D eigenvalue weighted by molar-refractivity contribution is 8.00. The van der Waals surface area contributed by atoms with Crippen LogP contribution in [0, 0.1) is 0 Å². The molecule has 2 aromatic rings. The third kappa shape index (κ3) is 4.96. The van der Waals surface area contributed by atoms with Gasteiger partial charge in [-0.3, -0.25) is 9.36 Å². The molecule has 9 nitrogen and oxygen atoms in total. The molecule has 1 atom stereocenters. The number of carbonyl (C=O) groups excluding carboxylic acids is 1. The second-order valence-electron chi connectivity index (χ2n) is 6.14. The Morgan fingerprint density at radius 1 is 1.43 bits per heavy atom. The van der Waals surface area contributed by atoms with Gasteiger partial charge < -0.3 is 5.32 Å². The summed E-state index contributed by atoms with van der Waals surface area (Å²) in [6.07, 6.45) is 0.751. The first-order valence-electron chi connectivity index (χ1n) is 8.42. The summed E-state index contributed by atoms with van der Waals surface area (Å²) in [6, 6.07) is 4.25. The number of nitrogens with zero attached hydrogens (tertiary/aromatic N) is 3. The lowest BCUT2D eigenvalue weighted by molar-refractivity contribution is -0.115. The van der Waals surface area contributed by atoms with E-state index in [1.807, 2.05) is 6.92 Å². The van der Waals surface area contributed by atoms with E-state index in [-0.39, 0.29) is 21.5 Å². The summed E-state index contributed by atoms with van der Waals surface area (Å²) >= 11 is 7.15. The van der Waals surface area contributed by atoms with Crippen molar-refractivity contribution in [1.82, 2.24) is 19.1 Å². The van der Waals surface area contributed by atoms with Gasteiger partial charge in [-0.15, -0.1) is 5.10 Å². The summed E-state index contributed by atoms with van der Waals surface area (Å²) in [5.74, 6) is -0.362. The van der Waals surface area contributed by atoms with Crippen molar-refractivity contribution >= 4 is 45.0 Å². The van der Waals surface area contributed by atoms with Gasteiger partial charge in [-0.25, -0.2) is 22.6 Å². The van der Waals surface area contributed by atoms with E-state index in [2.05, 4.69) is 15.5 Å². The Morgan fingerprint density at radius 2 is 2.11 bits per heavy atom. The molecule has 0 unspecified atom stereocenters. The predicted molar refractivity (Wildman–Crippen MR) is 109 cm³/mol. The van der Waals surface area contributed by atoms with Crippen LogP contribution in [0.1, 0.15) is 20.3 Å². The third-order valence-electron chi connectivity index (χ3n) is 3.78. The number of hydrogen-bond donors (Lipinski definition) is 2. The number of benzene rings is 1. The fourth-order valence-corrected chi connectivity index (χ4v) is 4.52. The summed E-state index contributed by atoms with van der Waals surface area (Å²) < 4.78 is 27.2. The number of amides is 1. The van der Waals surface area contributed by atoms with Crippen molar-refractivity contribution in [2.45, 2.75) is 42.1 Å². The first-order valence-corrected chi connectivity index (χ1v) is 11.1. The standard InChI is InChI=1S/C16H22ClN5O4S2/c1-5-8-22-15(24)19-20-16(22)27-10(2)14(23)18-11-6-7-12(17)13(9-11)28(25,26)21(3)4/h6-7,9-10H,5,8H2,1-4H3,(H,18,23)(H,19,24)/t10-/m1/s1. The molecule has 1 aromatic heterocycles. The molecule has 0 bridgehead atoms. The average Bonchev–Trinajstić information content (AvgIpc) is 2.96. The molecule has 0 radical (unpaired) electrons. The quantitative estimate of drug-likeness (QED) is 0.597. The Morgan fingerprint density at radius 3 is 2.71 bits per heavy atom. The van der Waals surface area contributed by atoms with Crippen molar-refractivity contribution in [3.8, 4) is 0 Å². The number of sulfonamides is 1. The van der Waals surface area contributed by atoms with Crippen molar-refractivity contribution in [1.29, 1.82) is 0 Å². The lowest BCUT2D eigenvalue weighted by atomic mass is 10.3. The zero-order valence-electron chi connectivity index (χ0n) is 15.9. The molecule has 0 spiro atoms. The van der Waals surface area contributed by atoms with E-state index in [1.165, 1.54) is 36.9 Å². The number of hydrogen-bond acceptors (Lipinski definition) is 6. The number of carbonyl (C=O) groups is 1. The lowest BCUT2D eigenvalue weighted by Crippen LogP contribution is -2.25. The molecule has 0 aliphatic carbocycles. The molecule has 0 fully saturated rings. The zero-order valence-corrected chi connectivity index (χ0v) is 18.3. The summed E-state index contributed by atoms with van der Waals surface area (Å²) in [5, 5.41) is 8.90. The number of rotatable bonds is 8.